The highest BCUT2D eigenvalue weighted by atomic mass is 16.5. The molecule has 1 aliphatic rings. The van der Waals surface area contributed by atoms with Crippen LogP contribution in [0.15, 0.2) is 36.7 Å². The predicted octanol–water partition coefficient (Wildman–Crippen LogP) is 2.77. The number of ether oxygens (including phenoxy) is 1. The van der Waals surface area contributed by atoms with E-state index in [-0.39, 0.29) is 5.91 Å². The van der Waals surface area contributed by atoms with Crippen molar-refractivity contribution >= 4 is 11.7 Å². The first-order valence-electron chi connectivity index (χ1n) is 8.24. The molecule has 0 saturated heterocycles. The van der Waals surface area contributed by atoms with Crippen molar-refractivity contribution in [3.05, 3.63) is 47.9 Å². The van der Waals surface area contributed by atoms with Crippen molar-refractivity contribution in [3.63, 3.8) is 0 Å². The van der Waals surface area contributed by atoms with Gasteiger partial charge < -0.3 is 15.4 Å². The lowest BCUT2D eigenvalue weighted by atomic mass is 10.2. The molecule has 6 nitrogen and oxygen atoms in total. The lowest BCUT2D eigenvalue weighted by Crippen LogP contribution is -2.24. The third-order valence-electron chi connectivity index (χ3n) is 4.20. The first-order chi connectivity index (χ1) is 11.7. The molecule has 0 radical (unpaired) electrons. The topological polar surface area (TPSA) is 76.1 Å². The van der Waals surface area contributed by atoms with E-state index in [9.17, 15) is 4.79 Å². The summed E-state index contributed by atoms with van der Waals surface area (Å²) in [4.78, 5) is 20.6. The Balaban J connectivity index is 1.52. The molecule has 1 heterocycles. The fourth-order valence-electron chi connectivity index (χ4n) is 2.82. The van der Waals surface area contributed by atoms with Gasteiger partial charge in [0, 0.05) is 12.6 Å². The van der Waals surface area contributed by atoms with Crippen LogP contribution in [0.3, 0.4) is 0 Å². The Morgan fingerprint density at radius 3 is 2.54 bits per heavy atom. The molecule has 1 aromatic carbocycles. The molecule has 2 N–H and O–H groups in total. The Hall–Kier alpha value is -2.63. The normalized spacial score (nSPS) is 14.4. The zero-order valence-corrected chi connectivity index (χ0v) is 13.8. The minimum atomic E-state index is -0.231. The van der Waals surface area contributed by atoms with Gasteiger partial charge >= 0.3 is 0 Å². The maximum absolute atomic E-state index is 12.1. The average Bonchev–Trinajstić information content (AvgIpc) is 3.14. The standard InChI is InChI=1S/C18H22N4O2/c1-24-15-8-6-13(7-9-15)10-21-18(23)16-11-20-17(12-19-16)22-14-4-2-3-5-14/h6-9,11-12,14H,2-5,10H2,1H3,(H,20,22)(H,21,23). The Morgan fingerprint density at radius 2 is 1.92 bits per heavy atom. The molecule has 1 saturated carbocycles. The molecule has 0 atom stereocenters. The first kappa shape index (κ1) is 16.2. The van der Waals surface area contributed by atoms with Crippen molar-refractivity contribution in [3.8, 4) is 5.75 Å². The summed E-state index contributed by atoms with van der Waals surface area (Å²) < 4.78 is 5.11. The van der Waals surface area contributed by atoms with Gasteiger partial charge in [-0.15, -0.1) is 0 Å². The van der Waals surface area contributed by atoms with Gasteiger partial charge in [-0.1, -0.05) is 25.0 Å². The van der Waals surface area contributed by atoms with Crippen LogP contribution in [0.5, 0.6) is 5.75 Å². The zero-order chi connectivity index (χ0) is 16.8. The van der Waals surface area contributed by atoms with Gasteiger partial charge in [-0.2, -0.15) is 0 Å². The van der Waals surface area contributed by atoms with Crippen molar-refractivity contribution in [1.29, 1.82) is 0 Å². The van der Waals surface area contributed by atoms with E-state index in [4.69, 9.17) is 4.74 Å². The molecule has 1 amide bonds. The molecule has 1 aliphatic carbocycles. The average molecular weight is 326 g/mol. The van der Waals surface area contributed by atoms with Crippen LogP contribution in [0, 0.1) is 0 Å². The minimum absolute atomic E-state index is 0.231. The van der Waals surface area contributed by atoms with Crippen LogP contribution in [0.25, 0.3) is 0 Å². The number of nitrogens with one attached hydrogen (secondary N) is 2. The van der Waals surface area contributed by atoms with Gasteiger partial charge in [-0.05, 0) is 30.5 Å². The fourth-order valence-corrected chi connectivity index (χ4v) is 2.82. The lowest BCUT2D eigenvalue weighted by Gasteiger charge is -2.12. The molecule has 1 aromatic heterocycles. The van der Waals surface area contributed by atoms with Crippen molar-refractivity contribution in [2.45, 2.75) is 38.3 Å². The Labute approximate surface area is 141 Å². The number of benzene rings is 1. The van der Waals surface area contributed by atoms with Crippen molar-refractivity contribution in [2.24, 2.45) is 0 Å². The number of amides is 1. The summed E-state index contributed by atoms with van der Waals surface area (Å²) in [7, 11) is 1.63. The number of methoxy groups -OCH3 is 1. The van der Waals surface area contributed by atoms with E-state index in [1.165, 1.54) is 31.9 Å². The Bertz CT molecular complexity index is 664. The SMILES string of the molecule is COc1ccc(CNC(=O)c2cnc(NC3CCCC3)cn2)cc1. The second-order valence-electron chi connectivity index (χ2n) is 5.94. The van der Waals surface area contributed by atoms with Crippen LogP contribution in [-0.2, 0) is 6.54 Å². The van der Waals surface area contributed by atoms with Gasteiger partial charge in [0.05, 0.1) is 19.5 Å². The highest BCUT2D eigenvalue weighted by molar-refractivity contribution is 5.91. The van der Waals surface area contributed by atoms with E-state index in [1.807, 2.05) is 24.3 Å². The van der Waals surface area contributed by atoms with Gasteiger partial charge in [-0.25, -0.2) is 9.97 Å². The Morgan fingerprint density at radius 1 is 1.17 bits per heavy atom. The van der Waals surface area contributed by atoms with Crippen LogP contribution >= 0.6 is 0 Å². The number of nitrogens with zero attached hydrogens (tertiary/aromatic N) is 2. The van der Waals surface area contributed by atoms with Gasteiger partial charge in [0.15, 0.2) is 0 Å². The summed E-state index contributed by atoms with van der Waals surface area (Å²) in [6, 6.07) is 8.04. The maximum atomic E-state index is 12.1. The summed E-state index contributed by atoms with van der Waals surface area (Å²) >= 11 is 0. The molecule has 2 aromatic rings. The minimum Gasteiger partial charge on any atom is -0.497 e. The Kier molecular flexibility index (Phi) is 5.25. The summed E-state index contributed by atoms with van der Waals surface area (Å²) in [5.41, 5.74) is 1.32. The highest BCUT2D eigenvalue weighted by Crippen LogP contribution is 2.20. The molecule has 0 aliphatic heterocycles. The van der Waals surface area contributed by atoms with E-state index < -0.39 is 0 Å². The van der Waals surface area contributed by atoms with E-state index in [1.54, 1.807) is 13.3 Å². The maximum Gasteiger partial charge on any atom is 0.271 e. The quantitative estimate of drug-likeness (QED) is 0.853. The molecule has 0 unspecified atom stereocenters. The molecule has 0 spiro atoms. The monoisotopic (exact) mass is 326 g/mol. The largest absolute Gasteiger partial charge is 0.497 e. The number of carbonyl (C=O) groups excluding carboxylic acids is 1. The van der Waals surface area contributed by atoms with Gasteiger partial charge in [0.25, 0.3) is 5.91 Å². The van der Waals surface area contributed by atoms with Crippen LogP contribution in [0.2, 0.25) is 0 Å². The van der Waals surface area contributed by atoms with E-state index in [2.05, 4.69) is 20.6 Å². The number of carbonyl (C=O) groups is 1. The molecule has 0 bridgehead atoms. The van der Waals surface area contributed by atoms with Gasteiger partial charge in [-0.3, -0.25) is 4.79 Å². The van der Waals surface area contributed by atoms with Crippen molar-refractivity contribution in [2.75, 3.05) is 12.4 Å². The van der Waals surface area contributed by atoms with E-state index in [0.29, 0.717) is 18.3 Å². The van der Waals surface area contributed by atoms with Crippen LogP contribution in [0.4, 0.5) is 5.82 Å². The number of anilines is 1. The number of hydrogen-bond acceptors (Lipinski definition) is 5. The summed E-state index contributed by atoms with van der Waals surface area (Å²) in [5.74, 6) is 1.29. The second kappa shape index (κ2) is 7.77. The third-order valence-corrected chi connectivity index (χ3v) is 4.20. The molecule has 6 heteroatoms. The number of hydrogen-bond donors (Lipinski definition) is 2. The highest BCUT2D eigenvalue weighted by Gasteiger charge is 2.15. The third kappa shape index (κ3) is 4.22. The van der Waals surface area contributed by atoms with Crippen LogP contribution in [-0.4, -0.2) is 29.0 Å². The summed E-state index contributed by atoms with van der Waals surface area (Å²) in [6.07, 6.45) is 8.01. The first-order valence-corrected chi connectivity index (χ1v) is 8.24. The molecule has 24 heavy (non-hydrogen) atoms. The second-order valence-corrected chi connectivity index (χ2v) is 5.94. The lowest BCUT2D eigenvalue weighted by molar-refractivity contribution is 0.0945. The van der Waals surface area contributed by atoms with Crippen molar-refractivity contribution < 1.29 is 9.53 Å². The molecular formula is C18H22N4O2. The summed E-state index contributed by atoms with van der Waals surface area (Å²) in [5, 5.41) is 6.20. The molecule has 3 rings (SSSR count). The zero-order valence-electron chi connectivity index (χ0n) is 13.8. The van der Waals surface area contributed by atoms with E-state index >= 15 is 0 Å². The summed E-state index contributed by atoms with van der Waals surface area (Å²) in [6.45, 7) is 0.437. The molecule has 1 fully saturated rings. The number of aromatic nitrogens is 2. The van der Waals surface area contributed by atoms with Gasteiger partial charge in [0.2, 0.25) is 0 Å². The van der Waals surface area contributed by atoms with Crippen LogP contribution in [0.1, 0.15) is 41.7 Å². The predicted molar refractivity (Wildman–Crippen MR) is 92.1 cm³/mol. The number of rotatable bonds is 6. The molecular weight excluding hydrogens is 304 g/mol. The van der Waals surface area contributed by atoms with Crippen molar-refractivity contribution in [1.82, 2.24) is 15.3 Å². The molecule has 126 valence electrons. The smallest absolute Gasteiger partial charge is 0.271 e. The van der Waals surface area contributed by atoms with E-state index in [0.717, 1.165) is 17.1 Å². The van der Waals surface area contributed by atoms with Gasteiger partial charge in [0.1, 0.15) is 17.3 Å². The van der Waals surface area contributed by atoms with Crippen LogP contribution < -0.4 is 15.4 Å². The fraction of sp³-hybridized carbons (Fsp3) is 0.389.